The van der Waals surface area contributed by atoms with Gasteiger partial charge in [-0.1, -0.05) is 30.3 Å². The van der Waals surface area contributed by atoms with Crippen LogP contribution in [-0.2, 0) is 10.3 Å². The van der Waals surface area contributed by atoms with Crippen molar-refractivity contribution in [3.05, 3.63) is 89.5 Å². The summed E-state index contributed by atoms with van der Waals surface area (Å²) in [7, 11) is 0. The van der Waals surface area contributed by atoms with Crippen LogP contribution in [0, 0.1) is 0 Å². The Morgan fingerprint density at radius 1 is 0.889 bits per heavy atom. The van der Waals surface area contributed by atoms with Gasteiger partial charge >= 0.3 is 0 Å². The number of amides is 2. The standard InChI is InChI=1S/C28H27N5O3/c34-26(19-6-9-22(10-7-19)33-14-16-36-17-15-33)29-25-23-18-20(8-11-24(23)31-32-25)27(35)30-28(12-13-28)21-4-2-1-3-5-21/h1-11,18H,12-17H2,(H,30,35)(H2,29,31,32,34). The molecule has 0 unspecified atom stereocenters. The summed E-state index contributed by atoms with van der Waals surface area (Å²) in [6.45, 7) is 3.10. The summed E-state index contributed by atoms with van der Waals surface area (Å²) in [5.41, 5.74) is 3.70. The molecule has 8 nitrogen and oxygen atoms in total. The van der Waals surface area contributed by atoms with Crippen LogP contribution < -0.4 is 15.5 Å². The minimum absolute atomic E-state index is 0.143. The van der Waals surface area contributed by atoms with Gasteiger partial charge in [0.05, 0.1) is 24.3 Å². The maximum absolute atomic E-state index is 13.1. The van der Waals surface area contributed by atoms with E-state index in [0.717, 1.165) is 42.7 Å². The quantitative estimate of drug-likeness (QED) is 0.386. The molecule has 1 aliphatic carbocycles. The van der Waals surface area contributed by atoms with E-state index in [1.807, 2.05) is 60.7 Å². The SMILES string of the molecule is O=C(Nc1n[nH]c2ccc(C(=O)NC3(c4ccccc4)CC3)cc12)c1ccc(N2CCOCC2)cc1. The number of nitrogens with one attached hydrogen (secondary N) is 3. The highest BCUT2D eigenvalue weighted by Gasteiger charge is 2.45. The molecule has 36 heavy (non-hydrogen) atoms. The lowest BCUT2D eigenvalue weighted by atomic mass is 10.0. The summed E-state index contributed by atoms with van der Waals surface area (Å²) < 4.78 is 5.41. The fourth-order valence-electron chi connectivity index (χ4n) is 4.73. The van der Waals surface area contributed by atoms with Crippen LogP contribution in [0.5, 0.6) is 0 Å². The van der Waals surface area contributed by atoms with Gasteiger partial charge in [-0.2, -0.15) is 5.10 Å². The molecule has 6 rings (SSSR count). The molecule has 1 aliphatic heterocycles. The average Bonchev–Trinajstić information content (AvgIpc) is 3.62. The average molecular weight is 482 g/mol. The van der Waals surface area contributed by atoms with E-state index >= 15 is 0 Å². The molecular formula is C28H27N5O3. The first-order valence-electron chi connectivity index (χ1n) is 12.2. The van der Waals surface area contributed by atoms with Crippen LogP contribution in [0.3, 0.4) is 0 Å². The minimum atomic E-state index is -0.297. The summed E-state index contributed by atoms with van der Waals surface area (Å²) >= 11 is 0. The molecule has 1 saturated heterocycles. The Hall–Kier alpha value is -4.17. The number of carbonyl (C=O) groups excluding carboxylic acids is 2. The number of fused-ring (bicyclic) bond motifs is 1. The number of morpholine rings is 1. The van der Waals surface area contributed by atoms with Crippen molar-refractivity contribution in [1.29, 1.82) is 0 Å². The van der Waals surface area contributed by atoms with Gasteiger partial charge in [0.15, 0.2) is 5.82 Å². The van der Waals surface area contributed by atoms with Crippen molar-refractivity contribution in [2.45, 2.75) is 18.4 Å². The first-order valence-corrected chi connectivity index (χ1v) is 12.2. The summed E-state index contributed by atoms with van der Waals surface area (Å²) in [4.78, 5) is 28.3. The number of nitrogens with zero attached hydrogens (tertiary/aromatic N) is 2. The molecule has 0 radical (unpaired) electrons. The molecule has 0 bridgehead atoms. The number of aromatic amines is 1. The fraction of sp³-hybridized carbons (Fsp3) is 0.250. The summed E-state index contributed by atoms with van der Waals surface area (Å²) in [6, 6.07) is 22.9. The predicted octanol–water partition coefficient (Wildman–Crippen LogP) is 4.07. The maximum Gasteiger partial charge on any atom is 0.256 e. The van der Waals surface area contributed by atoms with E-state index in [1.165, 1.54) is 0 Å². The highest BCUT2D eigenvalue weighted by atomic mass is 16.5. The van der Waals surface area contributed by atoms with Crippen molar-refractivity contribution in [3.63, 3.8) is 0 Å². The van der Waals surface area contributed by atoms with Crippen LogP contribution >= 0.6 is 0 Å². The van der Waals surface area contributed by atoms with E-state index in [1.54, 1.807) is 12.1 Å². The predicted molar refractivity (Wildman–Crippen MR) is 138 cm³/mol. The monoisotopic (exact) mass is 481 g/mol. The second-order valence-electron chi connectivity index (χ2n) is 9.34. The Labute approximate surface area is 208 Å². The normalized spacial score (nSPS) is 16.5. The second-order valence-corrected chi connectivity index (χ2v) is 9.34. The van der Waals surface area contributed by atoms with Crippen LogP contribution in [-0.4, -0.2) is 48.3 Å². The molecule has 2 heterocycles. The summed E-state index contributed by atoms with van der Waals surface area (Å²) in [5.74, 6) is -0.00526. The number of carbonyl (C=O) groups is 2. The number of hydrogen-bond acceptors (Lipinski definition) is 5. The highest BCUT2D eigenvalue weighted by molar-refractivity contribution is 6.09. The van der Waals surface area contributed by atoms with E-state index in [2.05, 4.69) is 25.7 Å². The lowest BCUT2D eigenvalue weighted by Gasteiger charge is -2.28. The molecule has 1 aromatic heterocycles. The number of ether oxygens (including phenoxy) is 1. The molecule has 2 amide bonds. The number of hydrogen-bond donors (Lipinski definition) is 3. The molecule has 0 spiro atoms. The van der Waals surface area contributed by atoms with Gasteiger partial charge in [-0.3, -0.25) is 14.7 Å². The molecule has 0 atom stereocenters. The maximum atomic E-state index is 13.1. The lowest BCUT2D eigenvalue weighted by Crippen LogP contribution is -2.36. The van der Waals surface area contributed by atoms with E-state index in [4.69, 9.17) is 4.74 Å². The third-order valence-corrected chi connectivity index (χ3v) is 6.99. The molecule has 3 aromatic carbocycles. The van der Waals surface area contributed by atoms with Crippen LogP contribution in [0.1, 0.15) is 39.1 Å². The Morgan fingerprint density at radius 3 is 2.33 bits per heavy atom. The summed E-state index contributed by atoms with van der Waals surface area (Å²) in [6.07, 6.45) is 1.84. The summed E-state index contributed by atoms with van der Waals surface area (Å²) in [5, 5.41) is 14.0. The molecule has 2 aliphatic rings. The van der Waals surface area contributed by atoms with Gasteiger partial charge in [-0.25, -0.2) is 0 Å². The van der Waals surface area contributed by atoms with E-state index < -0.39 is 0 Å². The van der Waals surface area contributed by atoms with Crippen molar-refractivity contribution in [1.82, 2.24) is 15.5 Å². The number of H-pyrrole nitrogens is 1. The van der Waals surface area contributed by atoms with Crippen LogP contribution in [0.2, 0.25) is 0 Å². The third-order valence-electron chi connectivity index (χ3n) is 6.99. The van der Waals surface area contributed by atoms with E-state index in [9.17, 15) is 9.59 Å². The molecule has 2 fully saturated rings. The fourth-order valence-corrected chi connectivity index (χ4v) is 4.73. The number of benzene rings is 3. The van der Waals surface area contributed by atoms with E-state index in [0.29, 0.717) is 35.5 Å². The van der Waals surface area contributed by atoms with Crippen molar-refractivity contribution in [3.8, 4) is 0 Å². The third kappa shape index (κ3) is 4.31. The zero-order valence-corrected chi connectivity index (χ0v) is 19.8. The Morgan fingerprint density at radius 2 is 1.61 bits per heavy atom. The number of rotatable bonds is 6. The zero-order valence-electron chi connectivity index (χ0n) is 19.8. The number of anilines is 2. The van der Waals surface area contributed by atoms with E-state index in [-0.39, 0.29) is 17.4 Å². The van der Waals surface area contributed by atoms with Gasteiger partial charge in [-0.05, 0) is 60.9 Å². The van der Waals surface area contributed by atoms with Crippen molar-refractivity contribution in [2.24, 2.45) is 0 Å². The zero-order chi connectivity index (χ0) is 24.5. The topological polar surface area (TPSA) is 99.3 Å². The van der Waals surface area contributed by atoms with Crippen molar-refractivity contribution in [2.75, 3.05) is 36.5 Å². The lowest BCUT2D eigenvalue weighted by molar-refractivity contribution is 0.0930. The Bertz CT molecular complexity index is 1400. The van der Waals surface area contributed by atoms with Gasteiger partial charge in [0.2, 0.25) is 0 Å². The molecule has 4 aromatic rings. The molecule has 8 heteroatoms. The molecule has 1 saturated carbocycles. The van der Waals surface area contributed by atoms with Crippen molar-refractivity contribution >= 4 is 34.2 Å². The van der Waals surface area contributed by atoms with Crippen LogP contribution in [0.25, 0.3) is 10.9 Å². The van der Waals surface area contributed by atoms with Gasteiger partial charge < -0.3 is 20.3 Å². The largest absolute Gasteiger partial charge is 0.378 e. The minimum Gasteiger partial charge on any atom is -0.378 e. The molecular weight excluding hydrogens is 454 g/mol. The van der Waals surface area contributed by atoms with Crippen LogP contribution in [0.15, 0.2) is 72.8 Å². The first-order chi connectivity index (χ1) is 17.6. The van der Waals surface area contributed by atoms with Crippen molar-refractivity contribution < 1.29 is 14.3 Å². The molecule has 3 N–H and O–H groups in total. The smallest absolute Gasteiger partial charge is 0.256 e. The first kappa shape index (κ1) is 22.3. The van der Waals surface area contributed by atoms with Gasteiger partial charge in [0.25, 0.3) is 11.8 Å². The second kappa shape index (κ2) is 9.13. The van der Waals surface area contributed by atoms with Gasteiger partial charge in [0.1, 0.15) is 0 Å². The highest BCUT2D eigenvalue weighted by Crippen LogP contribution is 2.45. The Balaban J connectivity index is 1.18. The van der Waals surface area contributed by atoms with Crippen LogP contribution in [0.4, 0.5) is 11.5 Å². The van der Waals surface area contributed by atoms with Gasteiger partial charge in [0, 0.05) is 35.3 Å². The van der Waals surface area contributed by atoms with Gasteiger partial charge in [-0.15, -0.1) is 0 Å². The Kier molecular flexibility index (Phi) is 5.65. The number of aromatic nitrogens is 2. The molecule has 182 valence electrons.